The summed E-state index contributed by atoms with van der Waals surface area (Å²) in [6.07, 6.45) is 0.0477. The summed E-state index contributed by atoms with van der Waals surface area (Å²) in [5, 5.41) is 19.4. The lowest BCUT2D eigenvalue weighted by Crippen LogP contribution is -2.28. The molecule has 15 heavy (non-hydrogen) atoms. The lowest BCUT2D eigenvalue weighted by molar-refractivity contribution is -0.143. The summed E-state index contributed by atoms with van der Waals surface area (Å²) in [5.74, 6) is -1.02. The fourth-order valence-electron chi connectivity index (χ4n) is 1.44. The molecule has 0 radical (unpaired) electrons. The summed E-state index contributed by atoms with van der Waals surface area (Å²) < 4.78 is 0. The number of carboxylic acid groups (broad SMARTS) is 1. The van der Waals surface area contributed by atoms with Crippen molar-refractivity contribution in [2.75, 3.05) is 0 Å². The normalized spacial score (nSPS) is 14.6. The first-order valence-corrected chi connectivity index (χ1v) is 5.06. The molecule has 0 aliphatic carbocycles. The van der Waals surface area contributed by atoms with Gasteiger partial charge in [0.1, 0.15) is 0 Å². The zero-order chi connectivity index (χ0) is 11.5. The molecule has 1 atom stereocenters. The molecule has 0 amide bonds. The molecule has 1 unspecified atom stereocenters. The van der Waals surface area contributed by atoms with Crippen LogP contribution in [0.2, 0.25) is 5.02 Å². The van der Waals surface area contributed by atoms with Crippen molar-refractivity contribution < 1.29 is 15.0 Å². The Balaban J connectivity index is 3.00. The molecule has 0 heterocycles. The maximum Gasteiger partial charge on any atom is 0.306 e. The second-order valence-electron chi connectivity index (χ2n) is 3.46. The highest BCUT2D eigenvalue weighted by Crippen LogP contribution is 2.29. The van der Waals surface area contributed by atoms with Crippen molar-refractivity contribution in [2.45, 2.75) is 25.4 Å². The average Bonchev–Trinajstić information content (AvgIpc) is 2.17. The molecule has 0 fully saturated rings. The van der Waals surface area contributed by atoms with Gasteiger partial charge in [-0.3, -0.25) is 4.79 Å². The standard InChI is InChI=1S/C11H13ClO3/c1-2-11(15,7-10(13)14)8-3-5-9(12)6-4-8/h3-6,15H,2,7H2,1H3,(H,13,14). The van der Waals surface area contributed by atoms with E-state index in [4.69, 9.17) is 16.7 Å². The van der Waals surface area contributed by atoms with Crippen LogP contribution in [0.1, 0.15) is 25.3 Å². The number of rotatable bonds is 4. The van der Waals surface area contributed by atoms with Crippen LogP contribution in [-0.2, 0) is 10.4 Å². The van der Waals surface area contributed by atoms with Crippen LogP contribution in [-0.4, -0.2) is 16.2 Å². The van der Waals surface area contributed by atoms with Gasteiger partial charge in [0.05, 0.1) is 12.0 Å². The van der Waals surface area contributed by atoms with Gasteiger partial charge in [-0.2, -0.15) is 0 Å². The van der Waals surface area contributed by atoms with Crippen LogP contribution in [0.15, 0.2) is 24.3 Å². The van der Waals surface area contributed by atoms with Crippen LogP contribution in [0.3, 0.4) is 0 Å². The van der Waals surface area contributed by atoms with Gasteiger partial charge in [0.15, 0.2) is 0 Å². The summed E-state index contributed by atoms with van der Waals surface area (Å²) in [4.78, 5) is 10.6. The van der Waals surface area contributed by atoms with E-state index in [1.165, 1.54) is 0 Å². The van der Waals surface area contributed by atoms with E-state index in [1.807, 2.05) is 0 Å². The number of aliphatic hydroxyl groups is 1. The minimum Gasteiger partial charge on any atom is -0.481 e. The SMILES string of the molecule is CCC(O)(CC(=O)O)c1ccc(Cl)cc1. The van der Waals surface area contributed by atoms with Crippen LogP contribution in [0, 0.1) is 0 Å². The number of hydrogen-bond donors (Lipinski definition) is 2. The highest BCUT2D eigenvalue weighted by molar-refractivity contribution is 6.30. The number of aliphatic carboxylic acids is 1. The fourth-order valence-corrected chi connectivity index (χ4v) is 1.57. The minimum absolute atomic E-state index is 0.300. The Hall–Kier alpha value is -1.06. The lowest BCUT2D eigenvalue weighted by Gasteiger charge is -2.25. The highest BCUT2D eigenvalue weighted by Gasteiger charge is 2.29. The van der Waals surface area contributed by atoms with E-state index in [9.17, 15) is 9.90 Å². The molecule has 0 aliphatic heterocycles. The van der Waals surface area contributed by atoms with Gasteiger partial charge in [0.25, 0.3) is 0 Å². The third kappa shape index (κ3) is 2.94. The number of carboxylic acids is 1. The van der Waals surface area contributed by atoms with Gasteiger partial charge in [-0.05, 0) is 24.1 Å². The predicted molar refractivity (Wildman–Crippen MR) is 57.9 cm³/mol. The molecule has 4 heteroatoms. The molecule has 3 nitrogen and oxygen atoms in total. The van der Waals surface area contributed by atoms with E-state index in [2.05, 4.69) is 0 Å². The van der Waals surface area contributed by atoms with Gasteiger partial charge in [0, 0.05) is 5.02 Å². The Morgan fingerprint density at radius 1 is 1.40 bits per heavy atom. The fraction of sp³-hybridized carbons (Fsp3) is 0.364. The van der Waals surface area contributed by atoms with Crippen LogP contribution >= 0.6 is 11.6 Å². The summed E-state index contributed by atoms with van der Waals surface area (Å²) >= 11 is 5.71. The van der Waals surface area contributed by atoms with Crippen molar-refractivity contribution in [1.82, 2.24) is 0 Å². The number of hydrogen-bond acceptors (Lipinski definition) is 2. The third-order valence-electron chi connectivity index (χ3n) is 2.41. The summed E-state index contributed by atoms with van der Waals surface area (Å²) in [6, 6.07) is 6.57. The number of benzene rings is 1. The van der Waals surface area contributed by atoms with Crippen LogP contribution < -0.4 is 0 Å². The summed E-state index contributed by atoms with van der Waals surface area (Å²) in [7, 11) is 0. The molecule has 0 saturated heterocycles. The largest absolute Gasteiger partial charge is 0.481 e. The Kier molecular flexibility index (Phi) is 3.72. The van der Waals surface area contributed by atoms with E-state index in [-0.39, 0.29) is 6.42 Å². The van der Waals surface area contributed by atoms with Crippen molar-refractivity contribution in [1.29, 1.82) is 0 Å². The second kappa shape index (κ2) is 4.64. The number of carbonyl (C=O) groups is 1. The molecule has 82 valence electrons. The van der Waals surface area contributed by atoms with Crippen LogP contribution in [0.5, 0.6) is 0 Å². The Morgan fingerprint density at radius 2 is 1.93 bits per heavy atom. The molecule has 0 saturated carbocycles. The maximum atomic E-state index is 10.6. The Morgan fingerprint density at radius 3 is 2.33 bits per heavy atom. The lowest BCUT2D eigenvalue weighted by atomic mass is 9.88. The molecule has 0 aromatic heterocycles. The maximum absolute atomic E-state index is 10.6. The molecule has 1 rings (SSSR count). The molecular weight excluding hydrogens is 216 g/mol. The van der Waals surface area contributed by atoms with E-state index in [1.54, 1.807) is 31.2 Å². The molecule has 0 bridgehead atoms. The number of halogens is 1. The molecule has 0 spiro atoms. The first-order chi connectivity index (χ1) is 6.98. The van der Waals surface area contributed by atoms with E-state index < -0.39 is 11.6 Å². The molecule has 1 aromatic carbocycles. The van der Waals surface area contributed by atoms with Crippen molar-refractivity contribution in [3.8, 4) is 0 Å². The third-order valence-corrected chi connectivity index (χ3v) is 2.66. The van der Waals surface area contributed by atoms with Crippen molar-refractivity contribution in [3.63, 3.8) is 0 Å². The van der Waals surface area contributed by atoms with Gasteiger partial charge in [0.2, 0.25) is 0 Å². The van der Waals surface area contributed by atoms with Gasteiger partial charge < -0.3 is 10.2 Å². The van der Waals surface area contributed by atoms with E-state index in [0.29, 0.717) is 17.0 Å². The Labute approximate surface area is 93.3 Å². The topological polar surface area (TPSA) is 57.5 Å². The monoisotopic (exact) mass is 228 g/mol. The van der Waals surface area contributed by atoms with Gasteiger partial charge in [-0.1, -0.05) is 30.7 Å². The molecule has 0 aliphatic rings. The van der Waals surface area contributed by atoms with Gasteiger partial charge >= 0.3 is 5.97 Å². The van der Waals surface area contributed by atoms with Gasteiger partial charge in [-0.15, -0.1) is 0 Å². The van der Waals surface area contributed by atoms with Gasteiger partial charge in [-0.25, -0.2) is 0 Å². The van der Waals surface area contributed by atoms with E-state index in [0.717, 1.165) is 0 Å². The predicted octanol–water partition coefficient (Wildman–Crippen LogP) is 2.41. The molecule has 2 N–H and O–H groups in total. The van der Waals surface area contributed by atoms with Crippen LogP contribution in [0.4, 0.5) is 0 Å². The zero-order valence-electron chi connectivity index (χ0n) is 8.40. The Bertz CT molecular complexity index is 347. The molecule has 1 aromatic rings. The smallest absolute Gasteiger partial charge is 0.306 e. The highest BCUT2D eigenvalue weighted by atomic mass is 35.5. The zero-order valence-corrected chi connectivity index (χ0v) is 9.16. The second-order valence-corrected chi connectivity index (χ2v) is 3.90. The minimum atomic E-state index is -1.31. The van der Waals surface area contributed by atoms with Crippen molar-refractivity contribution >= 4 is 17.6 Å². The molecular formula is C11H13ClO3. The summed E-state index contributed by atoms with van der Waals surface area (Å²) in [6.45, 7) is 1.75. The van der Waals surface area contributed by atoms with E-state index >= 15 is 0 Å². The average molecular weight is 229 g/mol. The summed E-state index contributed by atoms with van der Waals surface area (Å²) in [5.41, 5.74) is -0.729. The van der Waals surface area contributed by atoms with Crippen molar-refractivity contribution in [2.24, 2.45) is 0 Å². The first kappa shape index (κ1) is 12.0. The first-order valence-electron chi connectivity index (χ1n) is 4.68. The van der Waals surface area contributed by atoms with Crippen molar-refractivity contribution in [3.05, 3.63) is 34.9 Å². The van der Waals surface area contributed by atoms with Crippen LogP contribution in [0.25, 0.3) is 0 Å². The quantitative estimate of drug-likeness (QED) is 0.832.